The average molecular weight is 400 g/mol. The van der Waals surface area contributed by atoms with E-state index in [0.717, 1.165) is 11.1 Å². The molecule has 2 heterocycles. The van der Waals surface area contributed by atoms with Gasteiger partial charge in [-0.25, -0.2) is 0 Å². The van der Waals surface area contributed by atoms with Gasteiger partial charge in [-0.2, -0.15) is 0 Å². The standard InChI is InChI=1S/C22H24O7/c1-14(23)27-20-18(24)22(25-12-15-8-4-2-5-9-15)28-17-13-26-21(29-19(17)20)16-10-6-3-7-11-16/h2-11,17-22,24H,12-13H2,1H3. The van der Waals surface area contributed by atoms with Crippen LogP contribution in [0.15, 0.2) is 60.7 Å². The minimum atomic E-state index is -1.20. The zero-order valence-corrected chi connectivity index (χ0v) is 16.0. The molecule has 4 rings (SSSR count). The van der Waals surface area contributed by atoms with E-state index in [9.17, 15) is 9.90 Å². The van der Waals surface area contributed by atoms with E-state index < -0.39 is 43.0 Å². The van der Waals surface area contributed by atoms with Crippen molar-refractivity contribution < 1.29 is 33.6 Å². The van der Waals surface area contributed by atoms with Crippen LogP contribution in [0.25, 0.3) is 0 Å². The highest BCUT2D eigenvalue weighted by atomic mass is 16.8. The molecular formula is C22H24O7. The van der Waals surface area contributed by atoms with Crippen molar-refractivity contribution in [1.29, 1.82) is 0 Å². The summed E-state index contributed by atoms with van der Waals surface area (Å²) in [5, 5.41) is 10.8. The van der Waals surface area contributed by atoms with Gasteiger partial charge in [0.2, 0.25) is 0 Å². The predicted molar refractivity (Wildman–Crippen MR) is 101 cm³/mol. The first-order valence-corrected chi connectivity index (χ1v) is 9.60. The molecule has 0 radical (unpaired) electrons. The van der Waals surface area contributed by atoms with Crippen molar-refractivity contribution in [2.75, 3.05) is 6.61 Å². The van der Waals surface area contributed by atoms with E-state index in [0.29, 0.717) is 0 Å². The number of carbonyl (C=O) groups excluding carboxylic acids is 1. The van der Waals surface area contributed by atoms with Gasteiger partial charge < -0.3 is 28.8 Å². The first-order chi connectivity index (χ1) is 14.1. The van der Waals surface area contributed by atoms with Gasteiger partial charge >= 0.3 is 5.97 Å². The van der Waals surface area contributed by atoms with E-state index in [1.165, 1.54) is 6.92 Å². The summed E-state index contributed by atoms with van der Waals surface area (Å²) in [6.07, 6.45) is -4.94. The van der Waals surface area contributed by atoms with Gasteiger partial charge in [0, 0.05) is 12.5 Å². The summed E-state index contributed by atoms with van der Waals surface area (Å²) >= 11 is 0. The summed E-state index contributed by atoms with van der Waals surface area (Å²) in [7, 11) is 0. The van der Waals surface area contributed by atoms with Crippen molar-refractivity contribution in [3.8, 4) is 0 Å². The van der Waals surface area contributed by atoms with Crippen LogP contribution in [-0.2, 0) is 35.1 Å². The molecule has 2 aromatic carbocycles. The lowest BCUT2D eigenvalue weighted by molar-refractivity contribution is -0.363. The van der Waals surface area contributed by atoms with Crippen molar-refractivity contribution in [3.05, 3.63) is 71.8 Å². The Hall–Kier alpha value is -2.29. The number of aliphatic hydroxyl groups excluding tert-OH is 1. The van der Waals surface area contributed by atoms with Crippen molar-refractivity contribution in [1.82, 2.24) is 0 Å². The van der Waals surface area contributed by atoms with Gasteiger partial charge in [-0.15, -0.1) is 0 Å². The molecular weight excluding hydrogens is 376 g/mol. The Morgan fingerprint density at radius 2 is 1.76 bits per heavy atom. The van der Waals surface area contributed by atoms with Gasteiger partial charge in [-0.3, -0.25) is 4.79 Å². The molecule has 0 bridgehead atoms. The van der Waals surface area contributed by atoms with Gasteiger partial charge in [-0.1, -0.05) is 60.7 Å². The zero-order chi connectivity index (χ0) is 20.2. The average Bonchev–Trinajstić information content (AvgIpc) is 2.75. The lowest BCUT2D eigenvalue weighted by Gasteiger charge is -2.47. The second-order valence-electron chi connectivity index (χ2n) is 7.08. The van der Waals surface area contributed by atoms with E-state index in [1.807, 2.05) is 60.7 Å². The fraction of sp³-hybridized carbons (Fsp3) is 0.409. The highest BCUT2D eigenvalue weighted by Crippen LogP contribution is 2.35. The summed E-state index contributed by atoms with van der Waals surface area (Å²) in [4.78, 5) is 11.7. The number of esters is 1. The molecule has 2 aromatic rings. The third-order valence-electron chi connectivity index (χ3n) is 4.94. The monoisotopic (exact) mass is 400 g/mol. The molecule has 0 amide bonds. The molecule has 6 atom stereocenters. The molecule has 0 aromatic heterocycles. The third-order valence-corrected chi connectivity index (χ3v) is 4.94. The van der Waals surface area contributed by atoms with Crippen LogP contribution in [0.1, 0.15) is 24.3 Å². The van der Waals surface area contributed by atoms with Crippen LogP contribution < -0.4 is 0 Å². The van der Waals surface area contributed by atoms with Crippen LogP contribution in [0.3, 0.4) is 0 Å². The van der Waals surface area contributed by atoms with Gasteiger partial charge in [0.05, 0.1) is 13.2 Å². The molecule has 7 nitrogen and oxygen atoms in total. The van der Waals surface area contributed by atoms with Crippen LogP contribution in [0, 0.1) is 0 Å². The second-order valence-corrected chi connectivity index (χ2v) is 7.08. The topological polar surface area (TPSA) is 83.5 Å². The zero-order valence-electron chi connectivity index (χ0n) is 16.0. The summed E-state index contributed by atoms with van der Waals surface area (Å²) in [6.45, 7) is 1.77. The highest BCUT2D eigenvalue weighted by Gasteiger charge is 2.51. The largest absolute Gasteiger partial charge is 0.457 e. The molecule has 2 fully saturated rings. The summed E-state index contributed by atoms with van der Waals surface area (Å²) in [5.41, 5.74) is 1.78. The van der Waals surface area contributed by atoms with Crippen LogP contribution >= 0.6 is 0 Å². The first kappa shape index (κ1) is 20.0. The van der Waals surface area contributed by atoms with E-state index in [4.69, 9.17) is 23.7 Å². The third kappa shape index (κ3) is 4.66. The Kier molecular flexibility index (Phi) is 6.22. The molecule has 0 spiro atoms. The number of carbonyl (C=O) groups is 1. The van der Waals surface area contributed by atoms with Gasteiger partial charge in [0.1, 0.15) is 18.3 Å². The highest BCUT2D eigenvalue weighted by molar-refractivity contribution is 5.66. The summed E-state index contributed by atoms with van der Waals surface area (Å²) < 4.78 is 28.9. The van der Waals surface area contributed by atoms with Crippen LogP contribution in [0.2, 0.25) is 0 Å². The quantitative estimate of drug-likeness (QED) is 0.772. The predicted octanol–water partition coefficient (Wildman–Crippen LogP) is 2.33. The van der Waals surface area contributed by atoms with Crippen molar-refractivity contribution in [2.45, 2.75) is 50.5 Å². The van der Waals surface area contributed by atoms with Crippen molar-refractivity contribution in [2.24, 2.45) is 0 Å². The van der Waals surface area contributed by atoms with E-state index in [1.54, 1.807) is 0 Å². The van der Waals surface area contributed by atoms with Crippen LogP contribution in [0.5, 0.6) is 0 Å². The van der Waals surface area contributed by atoms with Gasteiger partial charge in [0.15, 0.2) is 18.7 Å². The molecule has 7 heteroatoms. The maximum absolute atomic E-state index is 11.7. The number of benzene rings is 2. The second kappa shape index (κ2) is 9.02. The molecule has 29 heavy (non-hydrogen) atoms. The van der Waals surface area contributed by atoms with Crippen LogP contribution in [0.4, 0.5) is 0 Å². The smallest absolute Gasteiger partial charge is 0.303 e. The SMILES string of the molecule is CC(=O)OC1C(O)C(OCc2ccccc2)OC2COC(c3ccccc3)OC21. The lowest BCUT2D eigenvalue weighted by atomic mass is 9.97. The molecule has 0 aliphatic carbocycles. The normalized spacial score (nSPS) is 31.7. The molecule has 6 unspecified atom stereocenters. The Labute approximate surface area is 169 Å². The maximum atomic E-state index is 11.7. The Morgan fingerprint density at radius 3 is 2.45 bits per heavy atom. The molecule has 0 saturated carbocycles. The van der Waals surface area contributed by atoms with E-state index in [-0.39, 0.29) is 13.2 Å². The lowest BCUT2D eigenvalue weighted by Crippen LogP contribution is -2.63. The molecule has 2 aliphatic rings. The van der Waals surface area contributed by atoms with Gasteiger partial charge in [-0.05, 0) is 5.56 Å². The Morgan fingerprint density at radius 1 is 1.07 bits per heavy atom. The van der Waals surface area contributed by atoms with Crippen molar-refractivity contribution in [3.63, 3.8) is 0 Å². The fourth-order valence-electron chi connectivity index (χ4n) is 3.56. The Balaban J connectivity index is 1.48. The molecule has 154 valence electrons. The number of hydrogen-bond donors (Lipinski definition) is 1. The number of hydrogen-bond acceptors (Lipinski definition) is 7. The molecule has 2 saturated heterocycles. The molecule has 2 aliphatic heterocycles. The molecule has 1 N–H and O–H groups in total. The number of rotatable bonds is 5. The first-order valence-electron chi connectivity index (χ1n) is 9.60. The van der Waals surface area contributed by atoms with Crippen LogP contribution in [-0.4, -0.2) is 48.4 Å². The van der Waals surface area contributed by atoms with Gasteiger partial charge in [0.25, 0.3) is 0 Å². The van der Waals surface area contributed by atoms with E-state index in [2.05, 4.69) is 0 Å². The summed E-state index contributed by atoms with van der Waals surface area (Å²) in [5.74, 6) is -0.511. The Bertz CT molecular complexity index is 797. The maximum Gasteiger partial charge on any atom is 0.303 e. The van der Waals surface area contributed by atoms with Crippen molar-refractivity contribution >= 4 is 5.97 Å². The summed E-state index contributed by atoms with van der Waals surface area (Å²) in [6, 6.07) is 19.0. The minimum Gasteiger partial charge on any atom is -0.457 e. The number of aliphatic hydroxyl groups is 1. The number of ether oxygens (including phenoxy) is 5. The number of fused-ring (bicyclic) bond motifs is 1. The fourth-order valence-corrected chi connectivity index (χ4v) is 3.56. The minimum absolute atomic E-state index is 0.222. The van der Waals surface area contributed by atoms with E-state index >= 15 is 0 Å².